The van der Waals surface area contributed by atoms with Gasteiger partial charge in [-0.2, -0.15) is 0 Å². The van der Waals surface area contributed by atoms with Crippen molar-refractivity contribution in [2.75, 3.05) is 20.2 Å². The fraction of sp³-hybridized carbons (Fsp3) is 1.00. The highest BCUT2D eigenvalue weighted by atomic mass is 16.5. The van der Waals surface area contributed by atoms with Crippen molar-refractivity contribution in [2.24, 2.45) is 0 Å². The summed E-state index contributed by atoms with van der Waals surface area (Å²) < 4.78 is 5.58. The van der Waals surface area contributed by atoms with Gasteiger partial charge in [-0.1, -0.05) is 6.92 Å². The van der Waals surface area contributed by atoms with Crippen molar-refractivity contribution in [3.8, 4) is 0 Å². The van der Waals surface area contributed by atoms with E-state index >= 15 is 0 Å². The van der Waals surface area contributed by atoms with Crippen LogP contribution >= 0.6 is 0 Å². The predicted molar refractivity (Wildman–Crippen MR) is 75.9 cm³/mol. The third-order valence-electron chi connectivity index (χ3n) is 5.10. The zero-order valence-electron chi connectivity index (χ0n) is 12.5. The third-order valence-corrected chi connectivity index (χ3v) is 5.10. The van der Waals surface area contributed by atoms with Crippen molar-refractivity contribution in [2.45, 2.75) is 76.6 Å². The van der Waals surface area contributed by atoms with Crippen LogP contribution in [0.4, 0.5) is 0 Å². The van der Waals surface area contributed by atoms with E-state index in [1.807, 2.05) is 7.11 Å². The molecule has 4 unspecified atom stereocenters. The van der Waals surface area contributed by atoms with Gasteiger partial charge in [0.2, 0.25) is 0 Å². The number of ether oxygens (including phenoxy) is 1. The molecule has 0 aromatic heterocycles. The van der Waals surface area contributed by atoms with E-state index in [1.165, 1.54) is 38.6 Å². The van der Waals surface area contributed by atoms with Gasteiger partial charge < -0.3 is 10.1 Å². The van der Waals surface area contributed by atoms with Crippen LogP contribution in [0.25, 0.3) is 0 Å². The normalized spacial score (nSPS) is 43.0. The Bertz CT molecular complexity index is 271. The van der Waals surface area contributed by atoms with Gasteiger partial charge in [0.05, 0.1) is 6.10 Å². The highest BCUT2D eigenvalue weighted by Gasteiger charge is 2.37. The molecule has 0 radical (unpaired) electrons. The van der Waals surface area contributed by atoms with E-state index in [0.29, 0.717) is 17.7 Å². The summed E-state index contributed by atoms with van der Waals surface area (Å²) in [6.45, 7) is 9.32. The van der Waals surface area contributed by atoms with E-state index < -0.39 is 0 Å². The van der Waals surface area contributed by atoms with Gasteiger partial charge in [0, 0.05) is 37.8 Å². The Morgan fingerprint density at radius 3 is 2.83 bits per heavy atom. The summed E-state index contributed by atoms with van der Waals surface area (Å²) in [7, 11) is 1.87. The molecule has 1 heterocycles. The van der Waals surface area contributed by atoms with Gasteiger partial charge in [0.25, 0.3) is 0 Å². The molecule has 3 heteroatoms. The molecule has 1 aliphatic carbocycles. The van der Waals surface area contributed by atoms with Crippen molar-refractivity contribution < 1.29 is 4.74 Å². The molecule has 4 atom stereocenters. The Kier molecular flexibility index (Phi) is 4.68. The average molecular weight is 254 g/mol. The molecule has 1 N–H and O–H groups in total. The zero-order chi connectivity index (χ0) is 13.2. The summed E-state index contributed by atoms with van der Waals surface area (Å²) >= 11 is 0. The lowest BCUT2D eigenvalue weighted by atomic mass is 9.87. The number of nitrogens with zero attached hydrogens (tertiary/aromatic N) is 1. The van der Waals surface area contributed by atoms with Gasteiger partial charge >= 0.3 is 0 Å². The van der Waals surface area contributed by atoms with Gasteiger partial charge in [0.15, 0.2) is 0 Å². The second-order valence-corrected chi connectivity index (χ2v) is 6.49. The lowest BCUT2D eigenvalue weighted by Crippen LogP contribution is -2.64. The molecule has 0 aromatic rings. The predicted octanol–water partition coefficient (Wildman–Crippen LogP) is 2.41. The topological polar surface area (TPSA) is 24.5 Å². The molecular formula is C15H30N2O. The van der Waals surface area contributed by atoms with Crippen molar-refractivity contribution >= 4 is 0 Å². The van der Waals surface area contributed by atoms with Crippen molar-refractivity contribution in [3.63, 3.8) is 0 Å². The number of hydrogen-bond donors (Lipinski definition) is 1. The van der Waals surface area contributed by atoms with Crippen LogP contribution in [0.5, 0.6) is 0 Å². The van der Waals surface area contributed by atoms with Crippen LogP contribution in [0.1, 0.15) is 52.9 Å². The van der Waals surface area contributed by atoms with Crippen molar-refractivity contribution in [1.29, 1.82) is 0 Å². The largest absolute Gasteiger partial charge is 0.381 e. The molecule has 0 aromatic carbocycles. The number of rotatable bonds is 3. The molecule has 0 amide bonds. The van der Waals surface area contributed by atoms with E-state index in [4.69, 9.17) is 4.74 Å². The summed E-state index contributed by atoms with van der Waals surface area (Å²) in [6.07, 6.45) is 6.83. The van der Waals surface area contributed by atoms with Crippen LogP contribution < -0.4 is 5.32 Å². The van der Waals surface area contributed by atoms with Crippen LogP contribution in [0, 0.1) is 0 Å². The molecule has 0 bridgehead atoms. The highest BCUT2D eigenvalue weighted by Crippen LogP contribution is 2.29. The number of methoxy groups -OCH3 is 1. The first-order chi connectivity index (χ1) is 8.58. The fourth-order valence-electron chi connectivity index (χ4n) is 3.49. The van der Waals surface area contributed by atoms with Crippen molar-refractivity contribution in [3.05, 3.63) is 0 Å². The van der Waals surface area contributed by atoms with Gasteiger partial charge in [0.1, 0.15) is 0 Å². The van der Waals surface area contributed by atoms with Crippen LogP contribution in [0.3, 0.4) is 0 Å². The molecule has 1 saturated carbocycles. The van der Waals surface area contributed by atoms with Crippen LogP contribution in [0.15, 0.2) is 0 Å². The van der Waals surface area contributed by atoms with E-state index in [1.54, 1.807) is 0 Å². The summed E-state index contributed by atoms with van der Waals surface area (Å²) in [5.74, 6) is 0. The second-order valence-electron chi connectivity index (χ2n) is 6.49. The fourth-order valence-corrected chi connectivity index (χ4v) is 3.49. The highest BCUT2D eigenvalue weighted by molar-refractivity contribution is 4.96. The first-order valence-corrected chi connectivity index (χ1v) is 7.61. The third kappa shape index (κ3) is 3.06. The Morgan fingerprint density at radius 2 is 2.17 bits per heavy atom. The smallest absolute Gasteiger partial charge is 0.0586 e. The summed E-state index contributed by atoms with van der Waals surface area (Å²) in [4.78, 5) is 2.74. The standard InChI is InChI=1S/C15H30N2O/c1-5-15(3)11-17(12(2)10-16-15)13-7-6-8-14(9-13)18-4/h12-14,16H,5-11H2,1-4H3. The van der Waals surface area contributed by atoms with Gasteiger partial charge in [-0.05, 0) is 46.0 Å². The summed E-state index contributed by atoms with van der Waals surface area (Å²) in [5.41, 5.74) is 0.298. The second kappa shape index (κ2) is 5.89. The maximum atomic E-state index is 5.58. The molecule has 2 fully saturated rings. The number of piperazine rings is 1. The van der Waals surface area contributed by atoms with E-state index in [-0.39, 0.29) is 0 Å². The van der Waals surface area contributed by atoms with Crippen LogP contribution in [-0.4, -0.2) is 48.8 Å². The Hall–Kier alpha value is -0.120. The zero-order valence-corrected chi connectivity index (χ0v) is 12.5. The molecule has 1 aliphatic heterocycles. The summed E-state index contributed by atoms with van der Waals surface area (Å²) in [5, 5.41) is 3.72. The maximum absolute atomic E-state index is 5.58. The van der Waals surface area contributed by atoms with Crippen LogP contribution in [0.2, 0.25) is 0 Å². The minimum atomic E-state index is 0.298. The van der Waals surface area contributed by atoms with E-state index in [0.717, 1.165) is 12.6 Å². The first kappa shape index (κ1) is 14.3. The lowest BCUT2D eigenvalue weighted by Gasteiger charge is -2.49. The van der Waals surface area contributed by atoms with Gasteiger partial charge in [-0.3, -0.25) is 4.90 Å². The molecule has 1 saturated heterocycles. The first-order valence-electron chi connectivity index (χ1n) is 7.61. The average Bonchev–Trinajstić information content (AvgIpc) is 2.42. The quantitative estimate of drug-likeness (QED) is 0.837. The Labute approximate surface area is 112 Å². The molecule has 0 spiro atoms. The SMILES string of the molecule is CCC1(C)CN(C2CCCC(OC)C2)C(C)CN1. The van der Waals surface area contributed by atoms with Crippen LogP contribution in [-0.2, 0) is 4.74 Å². The lowest BCUT2D eigenvalue weighted by molar-refractivity contribution is -0.00924. The summed E-state index contributed by atoms with van der Waals surface area (Å²) in [6, 6.07) is 1.39. The molecular weight excluding hydrogens is 224 g/mol. The number of nitrogens with one attached hydrogen (secondary N) is 1. The maximum Gasteiger partial charge on any atom is 0.0586 e. The van der Waals surface area contributed by atoms with E-state index in [2.05, 4.69) is 31.0 Å². The molecule has 106 valence electrons. The monoisotopic (exact) mass is 254 g/mol. The van der Waals surface area contributed by atoms with Gasteiger partial charge in [-0.15, -0.1) is 0 Å². The van der Waals surface area contributed by atoms with Gasteiger partial charge in [-0.25, -0.2) is 0 Å². The van der Waals surface area contributed by atoms with Crippen molar-refractivity contribution in [1.82, 2.24) is 10.2 Å². The minimum absolute atomic E-state index is 0.298. The molecule has 3 nitrogen and oxygen atoms in total. The van der Waals surface area contributed by atoms with E-state index in [9.17, 15) is 0 Å². The molecule has 18 heavy (non-hydrogen) atoms. The minimum Gasteiger partial charge on any atom is -0.381 e. The number of hydrogen-bond acceptors (Lipinski definition) is 3. The Balaban J connectivity index is 2.01. The Morgan fingerprint density at radius 1 is 1.39 bits per heavy atom. The molecule has 2 rings (SSSR count). The molecule has 2 aliphatic rings.